The summed E-state index contributed by atoms with van der Waals surface area (Å²) in [7, 11) is 0. The molecule has 4 rings (SSSR count). The SMILES string of the molecule is Nc1c(NCc2cc(CNC(=O)c3cc(C(=O)O)n4[nH]c(=O)nc4n3)ccc2F)c(=O)c1=O. The maximum atomic E-state index is 14.1. The molecule has 14 heteroatoms. The first-order chi connectivity index (χ1) is 15.7. The lowest BCUT2D eigenvalue weighted by Gasteiger charge is -2.12. The van der Waals surface area contributed by atoms with Gasteiger partial charge in [-0.2, -0.15) is 4.98 Å². The first kappa shape index (κ1) is 21.4. The number of nitrogens with one attached hydrogen (secondary N) is 3. The second-order valence-electron chi connectivity index (χ2n) is 6.90. The van der Waals surface area contributed by atoms with Gasteiger partial charge in [0, 0.05) is 24.7 Å². The van der Waals surface area contributed by atoms with Crippen LogP contribution in [0, 0.1) is 5.82 Å². The molecule has 0 aliphatic heterocycles. The summed E-state index contributed by atoms with van der Waals surface area (Å²) in [5, 5.41) is 16.6. The number of carbonyl (C=O) groups excluding carboxylic acids is 1. The highest BCUT2D eigenvalue weighted by molar-refractivity contribution is 5.95. The molecule has 0 saturated heterocycles. The number of halogens is 1. The Bertz CT molecular complexity index is 1560. The lowest BCUT2D eigenvalue weighted by Crippen LogP contribution is -2.37. The van der Waals surface area contributed by atoms with Gasteiger partial charge in [-0.15, -0.1) is 0 Å². The number of H-pyrrole nitrogens is 1. The van der Waals surface area contributed by atoms with E-state index in [2.05, 4.69) is 25.7 Å². The van der Waals surface area contributed by atoms with Gasteiger partial charge in [0.2, 0.25) is 0 Å². The minimum absolute atomic E-state index is 0.0724. The minimum atomic E-state index is -1.41. The molecule has 6 N–H and O–H groups in total. The fourth-order valence-electron chi connectivity index (χ4n) is 3.08. The number of benzene rings is 1. The summed E-state index contributed by atoms with van der Waals surface area (Å²) in [6.45, 7) is -0.201. The average molecular weight is 455 g/mol. The van der Waals surface area contributed by atoms with Gasteiger partial charge >= 0.3 is 11.7 Å². The Morgan fingerprint density at radius 1 is 1.12 bits per heavy atom. The van der Waals surface area contributed by atoms with Crippen LogP contribution < -0.4 is 32.9 Å². The van der Waals surface area contributed by atoms with Gasteiger partial charge in [-0.3, -0.25) is 14.4 Å². The van der Waals surface area contributed by atoms with Gasteiger partial charge in [0.05, 0.1) is 0 Å². The molecule has 0 fully saturated rings. The van der Waals surface area contributed by atoms with Crippen molar-refractivity contribution in [3.8, 4) is 0 Å². The summed E-state index contributed by atoms with van der Waals surface area (Å²) in [6, 6.07) is 4.97. The van der Waals surface area contributed by atoms with Crippen molar-refractivity contribution in [2.75, 3.05) is 11.1 Å². The standard InChI is InChI=1S/C19H14FN7O6/c20-9-2-1-7(3-8(9)6-22-13-12(21)14(28)15(13)29)5-23-16(30)10-4-11(17(31)32)27-18(24-10)25-19(33)26-27/h1-4,22H,5-6,21H2,(H,23,30)(H,26,33)(H,31,32). The number of nitrogens with zero attached hydrogens (tertiary/aromatic N) is 3. The molecule has 0 radical (unpaired) electrons. The molecule has 13 nitrogen and oxygen atoms in total. The molecule has 1 amide bonds. The van der Waals surface area contributed by atoms with E-state index in [0.29, 0.717) is 5.56 Å². The molecule has 2 heterocycles. The smallest absolute Gasteiger partial charge is 0.363 e. The van der Waals surface area contributed by atoms with Gasteiger partial charge in [0.25, 0.3) is 22.5 Å². The van der Waals surface area contributed by atoms with E-state index in [9.17, 15) is 33.5 Å². The predicted molar refractivity (Wildman–Crippen MR) is 111 cm³/mol. The number of amides is 1. The van der Waals surface area contributed by atoms with Gasteiger partial charge in [-0.25, -0.2) is 28.6 Å². The maximum Gasteiger partial charge on any atom is 0.363 e. The number of hydrogen-bond acceptors (Lipinski definition) is 9. The first-order valence-corrected chi connectivity index (χ1v) is 9.27. The fraction of sp³-hybridized carbons (Fsp3) is 0.105. The van der Waals surface area contributed by atoms with Crippen molar-refractivity contribution in [2.45, 2.75) is 13.1 Å². The van der Waals surface area contributed by atoms with E-state index in [4.69, 9.17) is 5.73 Å². The molecule has 0 saturated carbocycles. The number of aromatic carboxylic acids is 1. The van der Waals surface area contributed by atoms with E-state index in [1.807, 2.05) is 0 Å². The van der Waals surface area contributed by atoms with Crippen LogP contribution in [0.3, 0.4) is 0 Å². The second-order valence-corrected chi connectivity index (χ2v) is 6.90. The van der Waals surface area contributed by atoms with Crippen LogP contribution >= 0.6 is 0 Å². The van der Waals surface area contributed by atoms with E-state index < -0.39 is 39.9 Å². The van der Waals surface area contributed by atoms with Crippen LogP contribution in [-0.2, 0) is 13.1 Å². The number of carbonyl (C=O) groups is 2. The monoisotopic (exact) mass is 455 g/mol. The average Bonchev–Trinajstić information content (AvgIpc) is 3.17. The highest BCUT2D eigenvalue weighted by atomic mass is 19.1. The van der Waals surface area contributed by atoms with Crippen molar-refractivity contribution in [1.29, 1.82) is 0 Å². The van der Waals surface area contributed by atoms with Crippen molar-refractivity contribution in [3.63, 3.8) is 0 Å². The number of nitrogens with two attached hydrogens (primary N) is 1. The van der Waals surface area contributed by atoms with Crippen molar-refractivity contribution in [1.82, 2.24) is 24.9 Å². The van der Waals surface area contributed by atoms with Crippen molar-refractivity contribution >= 4 is 29.0 Å². The van der Waals surface area contributed by atoms with Gasteiger partial charge in [-0.1, -0.05) is 6.07 Å². The van der Waals surface area contributed by atoms with Crippen LogP contribution in [0.1, 0.15) is 32.1 Å². The molecule has 2 aromatic carbocycles. The van der Waals surface area contributed by atoms with Crippen molar-refractivity contribution < 1.29 is 19.1 Å². The molecule has 0 bridgehead atoms. The molecule has 168 valence electrons. The predicted octanol–water partition coefficient (Wildman–Crippen LogP) is -1.02. The Hall–Kier alpha value is -4.88. The minimum Gasteiger partial charge on any atom is -0.477 e. The Labute approximate surface area is 181 Å². The number of nitrogen functional groups attached to an aromatic ring is 1. The van der Waals surface area contributed by atoms with Crippen LogP contribution in [0.5, 0.6) is 0 Å². The van der Waals surface area contributed by atoms with Crippen molar-refractivity contribution in [3.05, 3.63) is 83.5 Å². The zero-order valence-electron chi connectivity index (χ0n) is 16.5. The van der Waals surface area contributed by atoms with E-state index in [1.165, 1.54) is 12.1 Å². The number of carboxylic acid groups (broad SMARTS) is 1. The summed E-state index contributed by atoms with van der Waals surface area (Å²) in [6.07, 6.45) is 0. The summed E-state index contributed by atoms with van der Waals surface area (Å²) in [5.74, 6) is -3.05. The van der Waals surface area contributed by atoms with Gasteiger partial charge in [0.1, 0.15) is 22.9 Å². The number of aromatic amines is 1. The highest BCUT2D eigenvalue weighted by Gasteiger charge is 2.19. The largest absolute Gasteiger partial charge is 0.477 e. The fourth-order valence-corrected chi connectivity index (χ4v) is 3.08. The molecule has 0 aliphatic carbocycles. The zero-order chi connectivity index (χ0) is 23.9. The lowest BCUT2D eigenvalue weighted by atomic mass is 10.1. The normalized spacial score (nSPS) is 11.1. The van der Waals surface area contributed by atoms with Crippen LogP contribution in [0.4, 0.5) is 15.8 Å². The molecule has 33 heavy (non-hydrogen) atoms. The summed E-state index contributed by atoms with van der Waals surface area (Å²) in [5.41, 5.74) is 2.64. The molecule has 0 atom stereocenters. The van der Waals surface area contributed by atoms with E-state index in [1.54, 1.807) is 0 Å². The third-order valence-electron chi connectivity index (χ3n) is 4.76. The number of anilines is 2. The zero-order valence-corrected chi connectivity index (χ0v) is 16.5. The topological polar surface area (TPSA) is 202 Å². The number of hydrogen-bond donors (Lipinski definition) is 5. The van der Waals surface area contributed by atoms with Crippen LogP contribution in [0.25, 0.3) is 5.78 Å². The Morgan fingerprint density at radius 3 is 2.58 bits per heavy atom. The van der Waals surface area contributed by atoms with Crippen LogP contribution in [0.2, 0.25) is 0 Å². The summed E-state index contributed by atoms with van der Waals surface area (Å²) >= 11 is 0. The van der Waals surface area contributed by atoms with E-state index in [0.717, 1.165) is 16.6 Å². The Balaban J connectivity index is 1.49. The molecule has 0 aliphatic rings. The molecular formula is C19H14FN7O6. The molecule has 0 unspecified atom stereocenters. The quantitative estimate of drug-likeness (QED) is 0.215. The van der Waals surface area contributed by atoms with Gasteiger partial charge < -0.3 is 21.5 Å². The van der Waals surface area contributed by atoms with E-state index >= 15 is 0 Å². The van der Waals surface area contributed by atoms with Gasteiger partial charge in [-0.05, 0) is 17.7 Å². The highest BCUT2D eigenvalue weighted by Crippen LogP contribution is 2.15. The summed E-state index contributed by atoms with van der Waals surface area (Å²) in [4.78, 5) is 65.3. The molecule has 2 aromatic heterocycles. The number of rotatable bonds is 7. The van der Waals surface area contributed by atoms with Crippen LogP contribution in [-0.4, -0.2) is 36.6 Å². The van der Waals surface area contributed by atoms with E-state index in [-0.39, 0.29) is 41.5 Å². The number of carboxylic acids is 1. The summed E-state index contributed by atoms with van der Waals surface area (Å²) < 4.78 is 15.0. The second kappa shape index (κ2) is 7.99. The number of aromatic nitrogens is 4. The van der Waals surface area contributed by atoms with Gasteiger partial charge in [0.15, 0.2) is 5.69 Å². The van der Waals surface area contributed by atoms with Crippen LogP contribution in [0.15, 0.2) is 38.6 Å². The third kappa shape index (κ3) is 3.91. The Morgan fingerprint density at radius 2 is 1.88 bits per heavy atom. The lowest BCUT2D eigenvalue weighted by molar-refractivity contribution is 0.0687. The number of fused-ring (bicyclic) bond motifs is 1. The van der Waals surface area contributed by atoms with Crippen molar-refractivity contribution in [2.24, 2.45) is 0 Å². The maximum absolute atomic E-state index is 14.1. The third-order valence-corrected chi connectivity index (χ3v) is 4.76. The molecular weight excluding hydrogens is 441 g/mol. The first-order valence-electron chi connectivity index (χ1n) is 9.27. The Kier molecular flexibility index (Phi) is 5.17. The molecule has 0 spiro atoms. The molecule has 4 aromatic rings.